The van der Waals surface area contributed by atoms with Crippen LogP contribution < -0.4 is 5.73 Å². The summed E-state index contributed by atoms with van der Waals surface area (Å²) in [5.74, 6) is 0. The predicted octanol–water partition coefficient (Wildman–Crippen LogP) is 1.71. The molecule has 17 heavy (non-hydrogen) atoms. The van der Waals surface area contributed by atoms with Crippen molar-refractivity contribution in [2.75, 3.05) is 6.54 Å². The number of nitrogens with zero attached hydrogens (tertiary/aromatic N) is 3. The highest BCUT2D eigenvalue weighted by Crippen LogP contribution is 2.27. The summed E-state index contributed by atoms with van der Waals surface area (Å²) in [4.78, 5) is 4.17. The lowest BCUT2D eigenvalue weighted by molar-refractivity contribution is 0.221. The quantitative estimate of drug-likeness (QED) is 0.583. The summed E-state index contributed by atoms with van der Waals surface area (Å²) in [7, 11) is 1.82. The standard InChI is InChI=1S/C10H14BrIN4O/c1-3-14-9(11)6(4-13)8(17)7-5-15-16(2)10(7)12/h4-5,8,17H,3,13H2,1-2H3. The van der Waals surface area contributed by atoms with Gasteiger partial charge in [-0.15, -0.1) is 0 Å². The lowest BCUT2D eigenvalue weighted by Crippen LogP contribution is -2.10. The summed E-state index contributed by atoms with van der Waals surface area (Å²) in [6, 6.07) is 0. The molecule has 0 aliphatic carbocycles. The van der Waals surface area contributed by atoms with Crippen LogP contribution >= 0.6 is 38.5 Å². The van der Waals surface area contributed by atoms with E-state index in [1.165, 1.54) is 6.20 Å². The van der Waals surface area contributed by atoms with Crippen LogP contribution in [0, 0.1) is 3.70 Å². The van der Waals surface area contributed by atoms with E-state index in [1.807, 2.05) is 14.0 Å². The molecule has 0 saturated heterocycles. The SMILES string of the molecule is CCN=C(Br)C(=CN)C(O)c1cnn(C)c1I. The van der Waals surface area contributed by atoms with Gasteiger partial charge in [-0.25, -0.2) is 0 Å². The van der Waals surface area contributed by atoms with Crippen LogP contribution in [-0.2, 0) is 7.05 Å². The Morgan fingerprint density at radius 1 is 1.82 bits per heavy atom. The average molecular weight is 413 g/mol. The van der Waals surface area contributed by atoms with Crippen molar-refractivity contribution in [1.29, 1.82) is 0 Å². The van der Waals surface area contributed by atoms with E-state index in [0.29, 0.717) is 22.3 Å². The molecule has 0 aliphatic heterocycles. The molecule has 1 atom stereocenters. The Kier molecular flexibility index (Phi) is 5.60. The highest BCUT2D eigenvalue weighted by molar-refractivity contribution is 14.1. The van der Waals surface area contributed by atoms with Crippen molar-refractivity contribution in [1.82, 2.24) is 9.78 Å². The second-order valence-electron chi connectivity index (χ2n) is 3.30. The predicted molar refractivity (Wildman–Crippen MR) is 80.1 cm³/mol. The highest BCUT2D eigenvalue weighted by atomic mass is 127. The number of hydrogen-bond acceptors (Lipinski definition) is 4. The van der Waals surface area contributed by atoms with Gasteiger partial charge in [-0.3, -0.25) is 9.67 Å². The number of aryl methyl sites for hydroxylation is 1. The third-order valence-corrected chi connectivity index (χ3v) is 4.23. The smallest absolute Gasteiger partial charge is 0.112 e. The van der Waals surface area contributed by atoms with Crippen LogP contribution in [0.25, 0.3) is 0 Å². The van der Waals surface area contributed by atoms with E-state index in [1.54, 1.807) is 10.9 Å². The Balaban J connectivity index is 3.07. The van der Waals surface area contributed by atoms with Crippen molar-refractivity contribution in [3.8, 4) is 0 Å². The van der Waals surface area contributed by atoms with Crippen molar-refractivity contribution in [3.63, 3.8) is 0 Å². The van der Waals surface area contributed by atoms with E-state index < -0.39 is 6.10 Å². The minimum Gasteiger partial charge on any atom is -0.404 e. The molecule has 3 N–H and O–H groups in total. The molecule has 0 bridgehead atoms. The summed E-state index contributed by atoms with van der Waals surface area (Å²) in [6.45, 7) is 2.53. The van der Waals surface area contributed by atoms with Gasteiger partial charge in [-0.05, 0) is 45.4 Å². The van der Waals surface area contributed by atoms with Crippen molar-refractivity contribution in [2.24, 2.45) is 17.8 Å². The van der Waals surface area contributed by atoms with Gasteiger partial charge in [0.2, 0.25) is 0 Å². The largest absolute Gasteiger partial charge is 0.404 e. The number of halogens is 2. The van der Waals surface area contributed by atoms with Crippen LogP contribution in [0.15, 0.2) is 23.0 Å². The second kappa shape index (κ2) is 6.50. The number of aliphatic imine (C=N–C) groups is 1. The fourth-order valence-corrected chi connectivity index (χ4v) is 2.45. The second-order valence-corrected chi connectivity index (χ2v) is 5.08. The third-order valence-electron chi connectivity index (χ3n) is 2.20. The summed E-state index contributed by atoms with van der Waals surface area (Å²) >= 11 is 5.43. The normalized spacial score (nSPS) is 15.1. The molecule has 0 fully saturated rings. The average Bonchev–Trinajstić information content (AvgIpc) is 2.61. The molecular formula is C10H14BrIN4O. The molecule has 1 aromatic heterocycles. The number of aromatic nitrogens is 2. The van der Waals surface area contributed by atoms with Gasteiger partial charge in [-0.2, -0.15) is 5.10 Å². The minimum atomic E-state index is -0.828. The van der Waals surface area contributed by atoms with Crippen LogP contribution in [0.1, 0.15) is 18.6 Å². The van der Waals surface area contributed by atoms with Gasteiger partial charge >= 0.3 is 0 Å². The summed E-state index contributed by atoms with van der Waals surface area (Å²) in [5, 5.41) is 14.3. The number of rotatable bonds is 4. The summed E-state index contributed by atoms with van der Waals surface area (Å²) < 4.78 is 3.12. The fourth-order valence-electron chi connectivity index (χ4n) is 1.29. The zero-order valence-electron chi connectivity index (χ0n) is 9.56. The van der Waals surface area contributed by atoms with E-state index in [9.17, 15) is 5.11 Å². The number of hydrogen-bond donors (Lipinski definition) is 2. The van der Waals surface area contributed by atoms with E-state index in [2.05, 4.69) is 48.6 Å². The first-order valence-corrected chi connectivity index (χ1v) is 6.87. The highest BCUT2D eigenvalue weighted by Gasteiger charge is 2.21. The fraction of sp³-hybridized carbons (Fsp3) is 0.400. The lowest BCUT2D eigenvalue weighted by atomic mass is 10.1. The molecule has 0 saturated carbocycles. The first kappa shape index (κ1) is 14.7. The van der Waals surface area contributed by atoms with Crippen LogP contribution in [0.2, 0.25) is 0 Å². The van der Waals surface area contributed by atoms with E-state index in [4.69, 9.17) is 5.73 Å². The number of nitrogens with two attached hydrogens (primary N) is 1. The van der Waals surface area contributed by atoms with E-state index in [0.717, 1.165) is 3.70 Å². The molecule has 1 aromatic rings. The lowest BCUT2D eigenvalue weighted by Gasteiger charge is -2.12. The molecule has 5 nitrogen and oxygen atoms in total. The molecule has 0 aliphatic rings. The van der Waals surface area contributed by atoms with E-state index in [-0.39, 0.29) is 0 Å². The summed E-state index contributed by atoms with van der Waals surface area (Å²) in [5.41, 5.74) is 6.79. The monoisotopic (exact) mass is 412 g/mol. The Hall–Kier alpha value is -0.410. The molecule has 0 aromatic carbocycles. The Labute approximate surface area is 122 Å². The van der Waals surface area contributed by atoms with Gasteiger partial charge < -0.3 is 10.8 Å². The van der Waals surface area contributed by atoms with Crippen LogP contribution in [0.3, 0.4) is 0 Å². The van der Waals surface area contributed by atoms with Crippen molar-refractivity contribution < 1.29 is 5.11 Å². The molecule has 7 heteroatoms. The maximum atomic E-state index is 10.3. The maximum absolute atomic E-state index is 10.3. The maximum Gasteiger partial charge on any atom is 0.112 e. The third kappa shape index (κ3) is 3.29. The molecule has 1 rings (SSSR count). The Morgan fingerprint density at radius 3 is 2.88 bits per heavy atom. The van der Waals surface area contributed by atoms with Crippen LogP contribution in [0.4, 0.5) is 0 Å². The number of aliphatic hydroxyl groups excluding tert-OH is 1. The van der Waals surface area contributed by atoms with Gasteiger partial charge in [0.15, 0.2) is 0 Å². The minimum absolute atomic E-state index is 0.540. The first-order chi connectivity index (χ1) is 8.02. The van der Waals surface area contributed by atoms with Crippen LogP contribution in [0.5, 0.6) is 0 Å². The van der Waals surface area contributed by atoms with E-state index >= 15 is 0 Å². The van der Waals surface area contributed by atoms with Crippen LogP contribution in [-0.4, -0.2) is 26.1 Å². The molecule has 0 spiro atoms. The molecule has 0 radical (unpaired) electrons. The van der Waals surface area contributed by atoms with Gasteiger partial charge in [0, 0.05) is 30.9 Å². The van der Waals surface area contributed by atoms with Crippen molar-refractivity contribution >= 4 is 43.1 Å². The molecule has 0 amide bonds. The molecule has 1 unspecified atom stereocenters. The zero-order chi connectivity index (χ0) is 13.0. The number of aliphatic hydroxyl groups is 1. The Morgan fingerprint density at radius 2 is 2.47 bits per heavy atom. The topological polar surface area (TPSA) is 76.4 Å². The molecular weight excluding hydrogens is 399 g/mol. The molecule has 1 heterocycles. The van der Waals surface area contributed by atoms with Crippen molar-refractivity contribution in [3.05, 3.63) is 27.2 Å². The van der Waals surface area contributed by atoms with Gasteiger partial charge in [0.25, 0.3) is 0 Å². The van der Waals surface area contributed by atoms with Gasteiger partial charge in [0.1, 0.15) is 14.4 Å². The van der Waals surface area contributed by atoms with Gasteiger partial charge in [-0.1, -0.05) is 0 Å². The summed E-state index contributed by atoms with van der Waals surface area (Å²) in [6.07, 6.45) is 2.16. The van der Waals surface area contributed by atoms with Gasteiger partial charge in [0.05, 0.1) is 6.20 Å². The zero-order valence-corrected chi connectivity index (χ0v) is 13.3. The Bertz CT molecular complexity index is 455. The van der Waals surface area contributed by atoms with Crippen molar-refractivity contribution in [2.45, 2.75) is 13.0 Å². The molecule has 94 valence electrons. The first-order valence-electron chi connectivity index (χ1n) is 5.00.